The number of nitrogens with one attached hydrogen (secondary N) is 3. The second-order valence-corrected chi connectivity index (χ2v) is 8.43. The van der Waals surface area contributed by atoms with Crippen molar-refractivity contribution in [1.29, 1.82) is 0 Å². The summed E-state index contributed by atoms with van der Waals surface area (Å²) in [6, 6.07) is 12.9. The van der Waals surface area contributed by atoms with Crippen LogP contribution in [0.15, 0.2) is 42.6 Å². The van der Waals surface area contributed by atoms with E-state index in [-0.39, 0.29) is 0 Å². The Kier molecular flexibility index (Phi) is 4.89. The molecule has 0 unspecified atom stereocenters. The highest BCUT2D eigenvalue weighted by Crippen LogP contribution is 2.35. The van der Waals surface area contributed by atoms with Crippen molar-refractivity contribution in [3.63, 3.8) is 0 Å². The van der Waals surface area contributed by atoms with Gasteiger partial charge in [-0.2, -0.15) is 14.3 Å². The Bertz CT molecular complexity index is 1110. The van der Waals surface area contributed by atoms with Crippen LogP contribution in [0.3, 0.4) is 0 Å². The van der Waals surface area contributed by atoms with Gasteiger partial charge in [-0.25, -0.2) is 0 Å². The zero-order valence-electron chi connectivity index (χ0n) is 16.4. The molecule has 0 spiro atoms. The highest BCUT2D eigenvalue weighted by molar-refractivity contribution is 7.10. The van der Waals surface area contributed by atoms with Crippen LogP contribution in [-0.4, -0.2) is 25.4 Å². The highest BCUT2D eigenvalue weighted by Gasteiger charge is 2.19. The van der Waals surface area contributed by atoms with Crippen LogP contribution in [0.25, 0.3) is 22.2 Å². The molecule has 1 saturated carbocycles. The fourth-order valence-corrected chi connectivity index (χ4v) is 4.67. The van der Waals surface area contributed by atoms with E-state index in [2.05, 4.69) is 44.3 Å². The van der Waals surface area contributed by atoms with Gasteiger partial charge in [-0.3, -0.25) is 0 Å². The van der Waals surface area contributed by atoms with E-state index in [1.165, 1.54) is 43.6 Å². The van der Waals surface area contributed by atoms with Crippen molar-refractivity contribution in [2.24, 2.45) is 0 Å². The third kappa shape index (κ3) is 3.82. The maximum absolute atomic E-state index is 4.88. The normalized spacial score (nSPS) is 14.9. The molecule has 3 N–H and O–H groups in total. The topological polar surface area (TPSA) is 78.5 Å². The summed E-state index contributed by atoms with van der Waals surface area (Å²) in [6.45, 7) is 1.99. The number of rotatable bonds is 5. The zero-order valence-corrected chi connectivity index (χ0v) is 17.2. The number of benzene rings is 1. The smallest absolute Gasteiger partial charge is 0.231 e. The van der Waals surface area contributed by atoms with Crippen molar-refractivity contribution in [1.82, 2.24) is 19.3 Å². The number of anilines is 3. The summed E-state index contributed by atoms with van der Waals surface area (Å²) < 4.78 is 4.34. The van der Waals surface area contributed by atoms with E-state index in [4.69, 9.17) is 9.97 Å². The van der Waals surface area contributed by atoms with Crippen molar-refractivity contribution >= 4 is 39.3 Å². The summed E-state index contributed by atoms with van der Waals surface area (Å²) in [4.78, 5) is 13.0. The van der Waals surface area contributed by atoms with Gasteiger partial charge in [-0.15, -0.1) is 0 Å². The Morgan fingerprint density at radius 1 is 1.07 bits per heavy atom. The number of H-pyrrole nitrogens is 1. The zero-order chi connectivity index (χ0) is 19.6. The molecule has 7 heteroatoms. The molecule has 0 amide bonds. The first-order chi connectivity index (χ1) is 14.3. The molecule has 1 fully saturated rings. The number of aromatic amines is 1. The van der Waals surface area contributed by atoms with E-state index in [9.17, 15) is 0 Å². The summed E-state index contributed by atoms with van der Waals surface area (Å²) in [5, 5.41) is 9.04. The summed E-state index contributed by atoms with van der Waals surface area (Å²) in [6.07, 6.45) is 8.28. The van der Waals surface area contributed by atoms with Gasteiger partial charge in [-0.1, -0.05) is 49.6 Å². The Morgan fingerprint density at radius 3 is 2.66 bits per heavy atom. The Balaban J connectivity index is 1.58. The minimum absolute atomic E-state index is 0.457. The van der Waals surface area contributed by atoms with Crippen molar-refractivity contribution < 1.29 is 0 Å². The molecular formula is C22H24N6S. The molecule has 4 aromatic rings. The maximum atomic E-state index is 4.88. The lowest BCUT2D eigenvalue weighted by Crippen LogP contribution is -2.23. The van der Waals surface area contributed by atoms with E-state index in [1.54, 1.807) is 0 Å². The fraction of sp³-hybridized carbons (Fsp3) is 0.318. The monoisotopic (exact) mass is 404 g/mol. The molecule has 29 heavy (non-hydrogen) atoms. The third-order valence-corrected chi connectivity index (χ3v) is 6.22. The summed E-state index contributed by atoms with van der Waals surface area (Å²) in [5.41, 5.74) is 4.11. The highest BCUT2D eigenvalue weighted by atomic mass is 32.1. The minimum atomic E-state index is 0.457. The molecule has 148 valence electrons. The van der Waals surface area contributed by atoms with Gasteiger partial charge in [0, 0.05) is 17.8 Å². The first kappa shape index (κ1) is 18.1. The van der Waals surface area contributed by atoms with Crippen LogP contribution in [-0.2, 0) is 0 Å². The van der Waals surface area contributed by atoms with Crippen LogP contribution in [0.2, 0.25) is 0 Å². The van der Waals surface area contributed by atoms with Crippen LogP contribution in [0, 0.1) is 6.92 Å². The van der Waals surface area contributed by atoms with Crippen molar-refractivity contribution in [2.45, 2.75) is 45.1 Å². The van der Waals surface area contributed by atoms with E-state index in [0.29, 0.717) is 12.0 Å². The van der Waals surface area contributed by atoms with Crippen LogP contribution in [0.5, 0.6) is 0 Å². The SMILES string of the molecule is Cc1cc(Nc2nc(NC3CCCCC3)c3c(-c4ccccc4)c[nH]c3n2)sn1. The predicted molar refractivity (Wildman–Crippen MR) is 120 cm³/mol. The molecule has 3 heterocycles. The molecule has 0 atom stereocenters. The first-order valence-corrected chi connectivity index (χ1v) is 10.9. The Labute approximate surface area is 174 Å². The van der Waals surface area contributed by atoms with Crippen molar-refractivity contribution in [3.05, 3.63) is 48.3 Å². The number of aromatic nitrogens is 4. The lowest BCUT2D eigenvalue weighted by Gasteiger charge is -2.24. The second-order valence-electron chi connectivity index (χ2n) is 7.62. The van der Waals surface area contributed by atoms with Crippen LogP contribution in [0.1, 0.15) is 37.8 Å². The van der Waals surface area contributed by atoms with Crippen molar-refractivity contribution in [3.8, 4) is 11.1 Å². The molecule has 5 rings (SSSR count). The lowest BCUT2D eigenvalue weighted by atomic mass is 9.95. The molecule has 1 aliphatic rings. The van der Waals surface area contributed by atoms with Gasteiger partial charge in [0.2, 0.25) is 5.95 Å². The maximum Gasteiger partial charge on any atom is 0.231 e. The molecule has 3 aromatic heterocycles. The molecule has 0 bridgehead atoms. The number of nitrogens with zero attached hydrogens (tertiary/aromatic N) is 3. The number of hydrogen-bond acceptors (Lipinski definition) is 6. The van der Waals surface area contributed by atoms with Crippen LogP contribution in [0.4, 0.5) is 16.8 Å². The van der Waals surface area contributed by atoms with Crippen molar-refractivity contribution in [2.75, 3.05) is 10.6 Å². The molecule has 0 aliphatic heterocycles. The molecule has 0 saturated heterocycles. The van der Waals surface area contributed by atoms with Gasteiger partial charge in [0.15, 0.2) is 0 Å². The lowest BCUT2D eigenvalue weighted by molar-refractivity contribution is 0.462. The number of hydrogen-bond donors (Lipinski definition) is 3. The first-order valence-electron chi connectivity index (χ1n) is 10.2. The van der Waals surface area contributed by atoms with E-state index in [0.717, 1.165) is 38.7 Å². The average Bonchev–Trinajstić information content (AvgIpc) is 3.36. The number of fused-ring (bicyclic) bond motifs is 1. The second kappa shape index (κ2) is 7.83. The van der Waals surface area contributed by atoms with Gasteiger partial charge in [0.05, 0.1) is 11.1 Å². The predicted octanol–water partition coefficient (Wildman–Crippen LogP) is 5.88. The molecule has 6 nitrogen and oxygen atoms in total. The van der Waals surface area contributed by atoms with E-state index < -0.39 is 0 Å². The van der Waals surface area contributed by atoms with Gasteiger partial charge in [0.25, 0.3) is 0 Å². The molecule has 1 aliphatic carbocycles. The summed E-state index contributed by atoms with van der Waals surface area (Å²) >= 11 is 1.42. The Hall–Kier alpha value is -2.93. The summed E-state index contributed by atoms with van der Waals surface area (Å²) in [7, 11) is 0. The van der Waals surface area contributed by atoms with E-state index in [1.807, 2.05) is 25.3 Å². The average molecular weight is 405 g/mol. The fourth-order valence-electron chi connectivity index (χ4n) is 4.01. The van der Waals surface area contributed by atoms with E-state index >= 15 is 0 Å². The molecule has 0 radical (unpaired) electrons. The van der Waals surface area contributed by atoms with Gasteiger partial charge in [-0.05, 0) is 42.9 Å². The standard InChI is InChI=1S/C22H24N6S/c1-14-12-18(29-28-14)25-22-26-20-19(17(13-23-20)15-8-4-2-5-9-15)21(27-22)24-16-10-6-3-7-11-16/h2,4-5,8-9,12-13,16H,3,6-7,10-11H2,1H3,(H3,23,24,25,26,27). The molecular weight excluding hydrogens is 380 g/mol. The quantitative estimate of drug-likeness (QED) is 0.387. The largest absolute Gasteiger partial charge is 0.367 e. The third-order valence-electron chi connectivity index (χ3n) is 5.43. The van der Waals surface area contributed by atoms with Gasteiger partial charge in [0.1, 0.15) is 16.5 Å². The number of aryl methyl sites for hydroxylation is 1. The Morgan fingerprint density at radius 2 is 1.90 bits per heavy atom. The van der Waals surface area contributed by atoms with Gasteiger partial charge >= 0.3 is 0 Å². The van der Waals surface area contributed by atoms with Crippen LogP contribution < -0.4 is 10.6 Å². The molecule has 1 aromatic carbocycles. The summed E-state index contributed by atoms with van der Waals surface area (Å²) in [5.74, 6) is 1.48. The van der Waals surface area contributed by atoms with Gasteiger partial charge < -0.3 is 15.6 Å². The van der Waals surface area contributed by atoms with Crippen LogP contribution >= 0.6 is 11.5 Å². The minimum Gasteiger partial charge on any atom is -0.367 e.